The summed E-state index contributed by atoms with van der Waals surface area (Å²) in [6.45, 7) is 0.803. The lowest BCUT2D eigenvalue weighted by molar-refractivity contribution is 0.624. The van der Waals surface area contributed by atoms with Crippen molar-refractivity contribution in [1.29, 1.82) is 5.26 Å². The maximum atomic E-state index is 13.9. The molecule has 0 amide bonds. The van der Waals surface area contributed by atoms with Crippen molar-refractivity contribution in [2.24, 2.45) is 0 Å². The number of halogens is 2. The third kappa shape index (κ3) is 2.95. The summed E-state index contributed by atoms with van der Waals surface area (Å²) in [5.74, 6) is 1.06. The quantitative estimate of drug-likeness (QED) is 0.761. The lowest BCUT2D eigenvalue weighted by Crippen LogP contribution is -2.05. The van der Waals surface area contributed by atoms with Gasteiger partial charge in [0.2, 0.25) is 0 Å². The van der Waals surface area contributed by atoms with Gasteiger partial charge in [-0.3, -0.25) is 0 Å². The fourth-order valence-electron chi connectivity index (χ4n) is 2.61. The van der Waals surface area contributed by atoms with Gasteiger partial charge in [0, 0.05) is 23.0 Å². The highest BCUT2D eigenvalue weighted by molar-refractivity contribution is 9.10. The minimum absolute atomic E-state index is 0.331. The second-order valence-corrected chi connectivity index (χ2v) is 6.15. The molecule has 2 aromatic rings. The van der Waals surface area contributed by atoms with Crippen LogP contribution in [-0.2, 0) is 13.0 Å². The molecule has 0 spiro atoms. The second-order valence-electron chi connectivity index (χ2n) is 5.24. The van der Waals surface area contributed by atoms with E-state index in [1.165, 1.54) is 12.1 Å². The second kappa shape index (κ2) is 6.41. The molecule has 3 rings (SSSR count). The highest BCUT2D eigenvalue weighted by atomic mass is 79.9. The molecule has 22 heavy (non-hydrogen) atoms. The van der Waals surface area contributed by atoms with Crippen molar-refractivity contribution in [3.8, 4) is 6.07 Å². The van der Waals surface area contributed by atoms with Gasteiger partial charge in [0.1, 0.15) is 17.7 Å². The summed E-state index contributed by atoms with van der Waals surface area (Å²) >= 11 is 3.32. The van der Waals surface area contributed by atoms with Crippen LogP contribution in [0.25, 0.3) is 11.6 Å². The van der Waals surface area contributed by atoms with E-state index in [2.05, 4.69) is 32.2 Å². The zero-order chi connectivity index (χ0) is 15.5. The topological polar surface area (TPSA) is 54.5 Å². The van der Waals surface area contributed by atoms with Crippen LogP contribution in [0.1, 0.15) is 36.5 Å². The molecule has 1 aromatic heterocycles. The van der Waals surface area contributed by atoms with Crippen molar-refractivity contribution < 1.29 is 4.39 Å². The Kier molecular flexibility index (Phi) is 4.34. The van der Waals surface area contributed by atoms with E-state index < -0.39 is 0 Å². The first-order valence-electron chi connectivity index (χ1n) is 7.18. The van der Waals surface area contributed by atoms with Crippen LogP contribution >= 0.6 is 15.9 Å². The van der Waals surface area contributed by atoms with Gasteiger partial charge < -0.3 is 4.57 Å². The monoisotopic (exact) mass is 360 g/mol. The molecule has 6 heteroatoms. The highest BCUT2D eigenvalue weighted by Crippen LogP contribution is 2.23. The summed E-state index contributed by atoms with van der Waals surface area (Å²) in [4.78, 5) is 0. The van der Waals surface area contributed by atoms with Gasteiger partial charge in [0.05, 0.1) is 5.57 Å². The molecule has 0 fully saturated rings. The minimum Gasteiger partial charge on any atom is -0.310 e. The number of allylic oxidation sites excluding steroid dienone is 1. The number of hydrogen-bond donors (Lipinski definition) is 0. The molecule has 0 saturated heterocycles. The van der Waals surface area contributed by atoms with Crippen LogP contribution in [-0.4, -0.2) is 14.8 Å². The lowest BCUT2D eigenvalue weighted by atomic mass is 10.1. The summed E-state index contributed by atoms with van der Waals surface area (Å²) in [5, 5.41) is 17.8. The van der Waals surface area contributed by atoms with Crippen LogP contribution in [0.2, 0.25) is 0 Å². The van der Waals surface area contributed by atoms with Gasteiger partial charge in [0.25, 0.3) is 0 Å². The van der Waals surface area contributed by atoms with Gasteiger partial charge in [-0.2, -0.15) is 5.26 Å². The molecule has 4 nitrogen and oxygen atoms in total. The van der Waals surface area contributed by atoms with Crippen LogP contribution in [0.3, 0.4) is 0 Å². The highest BCUT2D eigenvalue weighted by Gasteiger charge is 2.18. The normalized spacial score (nSPS) is 15.0. The Morgan fingerprint density at radius 1 is 1.32 bits per heavy atom. The molecule has 1 aromatic carbocycles. The van der Waals surface area contributed by atoms with Gasteiger partial charge in [-0.15, -0.1) is 10.2 Å². The number of rotatable bonds is 2. The number of hydrogen-bond acceptors (Lipinski definition) is 3. The fourth-order valence-corrected chi connectivity index (χ4v) is 2.99. The molecular weight excluding hydrogens is 347 g/mol. The molecule has 0 N–H and O–H groups in total. The molecule has 0 unspecified atom stereocenters. The molecular formula is C16H14BrFN4. The molecule has 0 aliphatic carbocycles. The Bertz CT molecular complexity index is 773. The number of aromatic nitrogens is 3. The van der Waals surface area contributed by atoms with Gasteiger partial charge in [-0.25, -0.2) is 4.39 Å². The van der Waals surface area contributed by atoms with Crippen LogP contribution in [0, 0.1) is 17.1 Å². The van der Waals surface area contributed by atoms with Crippen LogP contribution < -0.4 is 0 Å². The first-order valence-corrected chi connectivity index (χ1v) is 7.97. The van der Waals surface area contributed by atoms with Crippen LogP contribution in [0.5, 0.6) is 0 Å². The van der Waals surface area contributed by atoms with Crippen molar-refractivity contribution >= 4 is 27.6 Å². The van der Waals surface area contributed by atoms with Crippen LogP contribution in [0.4, 0.5) is 4.39 Å². The Hall–Kier alpha value is -2.00. The SMILES string of the molecule is N#CC(=Cc1cc(Br)ccc1F)c1nnc2n1CCCCC2. The third-order valence-electron chi connectivity index (χ3n) is 3.73. The van der Waals surface area contributed by atoms with Gasteiger partial charge in [0.15, 0.2) is 5.82 Å². The maximum Gasteiger partial charge on any atom is 0.174 e. The largest absolute Gasteiger partial charge is 0.310 e. The third-order valence-corrected chi connectivity index (χ3v) is 4.22. The molecule has 1 aliphatic rings. The lowest BCUT2D eigenvalue weighted by Gasteiger charge is -2.06. The van der Waals surface area contributed by atoms with Crippen molar-refractivity contribution in [2.75, 3.05) is 0 Å². The summed E-state index contributed by atoms with van der Waals surface area (Å²) in [6.07, 6.45) is 5.68. The van der Waals surface area contributed by atoms with E-state index in [0.717, 1.165) is 42.5 Å². The Morgan fingerprint density at radius 2 is 2.18 bits per heavy atom. The van der Waals surface area contributed by atoms with Gasteiger partial charge in [-0.05, 0) is 37.1 Å². The average Bonchev–Trinajstić information content (AvgIpc) is 2.76. The molecule has 0 radical (unpaired) electrons. The van der Waals surface area contributed by atoms with Crippen molar-refractivity contribution in [3.63, 3.8) is 0 Å². The Balaban J connectivity index is 2.05. The molecule has 0 atom stereocenters. The molecule has 1 aliphatic heterocycles. The Morgan fingerprint density at radius 3 is 3.00 bits per heavy atom. The Labute approximate surface area is 136 Å². The summed E-state index contributed by atoms with van der Waals surface area (Å²) in [7, 11) is 0. The predicted octanol–water partition coefficient (Wildman–Crippen LogP) is 3.97. The van der Waals surface area contributed by atoms with E-state index >= 15 is 0 Å². The number of nitrogens with zero attached hydrogens (tertiary/aromatic N) is 4. The summed E-state index contributed by atoms with van der Waals surface area (Å²) in [6, 6.07) is 6.77. The summed E-state index contributed by atoms with van der Waals surface area (Å²) < 4.78 is 16.6. The van der Waals surface area contributed by atoms with E-state index in [1.807, 2.05) is 4.57 Å². The number of aryl methyl sites for hydroxylation is 1. The van der Waals surface area contributed by atoms with Gasteiger partial charge in [-0.1, -0.05) is 22.4 Å². The number of benzene rings is 1. The molecule has 2 heterocycles. The fraction of sp³-hybridized carbons (Fsp3) is 0.312. The summed E-state index contributed by atoms with van der Waals surface area (Å²) in [5.41, 5.74) is 0.689. The van der Waals surface area contributed by atoms with Crippen molar-refractivity contribution in [1.82, 2.24) is 14.8 Å². The van der Waals surface area contributed by atoms with Gasteiger partial charge >= 0.3 is 0 Å². The van der Waals surface area contributed by atoms with Crippen LogP contribution in [0.15, 0.2) is 22.7 Å². The maximum absolute atomic E-state index is 13.9. The van der Waals surface area contributed by atoms with E-state index in [0.29, 0.717) is 17.0 Å². The van der Waals surface area contributed by atoms with Crippen molar-refractivity contribution in [2.45, 2.75) is 32.2 Å². The van der Waals surface area contributed by atoms with E-state index in [1.54, 1.807) is 12.1 Å². The van der Waals surface area contributed by atoms with E-state index in [-0.39, 0.29) is 5.82 Å². The van der Waals surface area contributed by atoms with E-state index in [4.69, 9.17) is 0 Å². The number of fused-ring (bicyclic) bond motifs is 1. The first kappa shape index (κ1) is 14.9. The molecule has 112 valence electrons. The molecule has 0 saturated carbocycles. The number of nitriles is 1. The average molecular weight is 361 g/mol. The minimum atomic E-state index is -0.369. The van der Waals surface area contributed by atoms with E-state index in [9.17, 15) is 9.65 Å². The molecule has 0 bridgehead atoms. The smallest absolute Gasteiger partial charge is 0.174 e. The standard InChI is InChI=1S/C16H14BrFN4/c17-13-5-6-14(18)11(9-13)8-12(10-19)16-21-20-15-4-2-1-3-7-22(15)16/h5-6,8-9H,1-4,7H2. The zero-order valence-electron chi connectivity index (χ0n) is 11.9. The van der Waals surface area contributed by atoms with Crippen molar-refractivity contribution in [3.05, 3.63) is 45.7 Å². The predicted molar refractivity (Wildman–Crippen MR) is 85.2 cm³/mol. The zero-order valence-corrected chi connectivity index (χ0v) is 13.5. The first-order chi connectivity index (χ1) is 10.7.